The van der Waals surface area contributed by atoms with E-state index < -0.39 is 5.54 Å². The van der Waals surface area contributed by atoms with Crippen molar-refractivity contribution in [1.82, 2.24) is 19.7 Å². The van der Waals surface area contributed by atoms with Crippen LogP contribution in [-0.2, 0) is 16.0 Å². The summed E-state index contributed by atoms with van der Waals surface area (Å²) in [7, 11) is 1.72. The van der Waals surface area contributed by atoms with Crippen LogP contribution in [-0.4, -0.2) is 83.1 Å². The van der Waals surface area contributed by atoms with Crippen molar-refractivity contribution >= 4 is 11.9 Å². The number of ether oxygens (including phenoxy) is 1. The molecule has 3 amide bonds. The lowest BCUT2D eigenvalue weighted by Crippen LogP contribution is -2.58. The van der Waals surface area contributed by atoms with Crippen LogP contribution in [0.1, 0.15) is 45.6 Å². The van der Waals surface area contributed by atoms with Gasteiger partial charge in [-0.05, 0) is 50.2 Å². The van der Waals surface area contributed by atoms with E-state index in [9.17, 15) is 9.59 Å². The van der Waals surface area contributed by atoms with Crippen LogP contribution in [0.25, 0.3) is 0 Å². The van der Waals surface area contributed by atoms with Crippen molar-refractivity contribution in [2.75, 3.05) is 39.9 Å². The number of carbonyl (C=O) groups is 2. The average Bonchev–Trinajstić information content (AvgIpc) is 2.91. The molecule has 2 aliphatic heterocycles. The second kappa shape index (κ2) is 9.88. The van der Waals surface area contributed by atoms with Gasteiger partial charge in [-0.1, -0.05) is 19.9 Å². The Bertz CT molecular complexity index is 716. The van der Waals surface area contributed by atoms with E-state index in [4.69, 9.17) is 4.74 Å². The third kappa shape index (κ3) is 4.67. The number of hydrogen-bond donors (Lipinski definition) is 0. The maximum Gasteiger partial charge on any atom is 0.327 e. The molecule has 0 aliphatic carbocycles. The van der Waals surface area contributed by atoms with Gasteiger partial charge in [0.15, 0.2) is 0 Å². The Hall–Kier alpha value is -1.99. The number of likely N-dealkylation sites (tertiary alicyclic amines) is 1. The Balaban J connectivity index is 1.70. The van der Waals surface area contributed by atoms with Crippen molar-refractivity contribution in [3.8, 4) is 0 Å². The first kappa shape index (κ1) is 22.7. The van der Waals surface area contributed by atoms with E-state index in [0.717, 1.165) is 31.5 Å². The molecule has 166 valence electrons. The van der Waals surface area contributed by atoms with Gasteiger partial charge < -0.3 is 9.64 Å². The van der Waals surface area contributed by atoms with Gasteiger partial charge in [-0.25, -0.2) is 4.79 Å². The van der Waals surface area contributed by atoms with Gasteiger partial charge >= 0.3 is 6.03 Å². The molecule has 0 N–H and O–H groups in total. The summed E-state index contributed by atoms with van der Waals surface area (Å²) >= 11 is 0. The van der Waals surface area contributed by atoms with Crippen LogP contribution in [0.3, 0.4) is 0 Å². The molecule has 1 aromatic rings. The van der Waals surface area contributed by atoms with Gasteiger partial charge in [0.1, 0.15) is 5.54 Å². The highest BCUT2D eigenvalue weighted by Gasteiger charge is 2.57. The number of urea groups is 1. The molecule has 0 saturated carbocycles. The number of aryl methyl sites for hydroxylation is 1. The number of rotatable bonds is 9. The molecule has 2 fully saturated rings. The minimum Gasteiger partial charge on any atom is -0.383 e. The summed E-state index contributed by atoms with van der Waals surface area (Å²) < 4.78 is 5.30. The maximum atomic E-state index is 13.5. The third-order valence-corrected chi connectivity index (χ3v) is 6.40. The van der Waals surface area contributed by atoms with Crippen molar-refractivity contribution in [1.29, 1.82) is 0 Å². The van der Waals surface area contributed by atoms with Crippen LogP contribution in [0.15, 0.2) is 24.5 Å². The van der Waals surface area contributed by atoms with E-state index in [0.29, 0.717) is 44.5 Å². The van der Waals surface area contributed by atoms with Crippen molar-refractivity contribution in [2.45, 2.75) is 58.0 Å². The number of hydrogen-bond acceptors (Lipinski definition) is 5. The summed E-state index contributed by atoms with van der Waals surface area (Å²) in [5, 5.41) is 0. The second-order valence-electron chi connectivity index (χ2n) is 9.08. The van der Waals surface area contributed by atoms with E-state index >= 15 is 0 Å². The molecule has 3 heterocycles. The third-order valence-electron chi connectivity index (χ3n) is 6.40. The van der Waals surface area contributed by atoms with Crippen molar-refractivity contribution in [2.24, 2.45) is 5.92 Å². The molecule has 1 atom stereocenters. The number of amides is 3. The average molecular weight is 417 g/mol. The number of carbonyl (C=O) groups excluding carboxylic acids is 2. The molecule has 0 aromatic carbocycles. The molecular formula is C23H36N4O3. The highest BCUT2D eigenvalue weighted by Crippen LogP contribution is 2.38. The van der Waals surface area contributed by atoms with Crippen LogP contribution < -0.4 is 0 Å². The normalized spacial score (nSPS) is 20.6. The van der Waals surface area contributed by atoms with Gasteiger partial charge in [-0.2, -0.15) is 0 Å². The zero-order valence-electron chi connectivity index (χ0n) is 18.8. The Morgan fingerprint density at radius 3 is 2.53 bits per heavy atom. The molecule has 0 radical (unpaired) electrons. The second-order valence-corrected chi connectivity index (χ2v) is 9.08. The molecule has 30 heavy (non-hydrogen) atoms. The van der Waals surface area contributed by atoms with Gasteiger partial charge in [-0.15, -0.1) is 0 Å². The highest BCUT2D eigenvalue weighted by molar-refractivity contribution is 6.07. The lowest BCUT2D eigenvalue weighted by molar-refractivity contribution is -0.136. The van der Waals surface area contributed by atoms with Crippen LogP contribution in [0.5, 0.6) is 0 Å². The number of aromatic nitrogens is 1. The van der Waals surface area contributed by atoms with Crippen LogP contribution in [0.2, 0.25) is 0 Å². The smallest absolute Gasteiger partial charge is 0.327 e. The number of piperidine rings is 1. The van der Waals surface area contributed by atoms with Gasteiger partial charge in [0, 0.05) is 51.7 Å². The first-order chi connectivity index (χ1) is 14.4. The summed E-state index contributed by atoms with van der Waals surface area (Å²) in [6.45, 7) is 9.74. The van der Waals surface area contributed by atoms with E-state index in [1.54, 1.807) is 13.3 Å². The highest BCUT2D eigenvalue weighted by atomic mass is 16.5. The lowest BCUT2D eigenvalue weighted by Gasteiger charge is -2.44. The molecule has 1 aromatic heterocycles. The minimum atomic E-state index is -0.682. The van der Waals surface area contributed by atoms with E-state index in [2.05, 4.69) is 30.7 Å². The molecule has 2 saturated heterocycles. The Morgan fingerprint density at radius 2 is 1.93 bits per heavy atom. The molecule has 7 heteroatoms. The van der Waals surface area contributed by atoms with Crippen molar-refractivity contribution < 1.29 is 14.3 Å². The Kier molecular flexibility index (Phi) is 7.47. The summed E-state index contributed by atoms with van der Waals surface area (Å²) in [5.41, 5.74) is 0.449. The largest absolute Gasteiger partial charge is 0.383 e. The summed E-state index contributed by atoms with van der Waals surface area (Å²) in [6.07, 6.45) is 6.55. The Morgan fingerprint density at radius 1 is 1.20 bits per heavy atom. The molecule has 7 nitrogen and oxygen atoms in total. The van der Waals surface area contributed by atoms with Gasteiger partial charge in [0.05, 0.1) is 6.61 Å². The first-order valence-electron chi connectivity index (χ1n) is 11.1. The lowest BCUT2D eigenvalue weighted by atomic mass is 9.85. The van der Waals surface area contributed by atoms with Gasteiger partial charge in [0.25, 0.3) is 5.91 Å². The summed E-state index contributed by atoms with van der Waals surface area (Å²) in [6, 6.07) is 4.15. The van der Waals surface area contributed by atoms with Crippen LogP contribution in [0.4, 0.5) is 4.79 Å². The maximum absolute atomic E-state index is 13.5. The van der Waals surface area contributed by atoms with Gasteiger partial charge in [-0.3, -0.25) is 19.6 Å². The SMILES string of the molecule is COCC(C)N1CCC2(CC1)C(=O)N(CCCc1cccnc1)C(=O)N2CC(C)C. The van der Waals surface area contributed by atoms with Gasteiger partial charge in [0.2, 0.25) is 0 Å². The van der Waals surface area contributed by atoms with E-state index in [-0.39, 0.29) is 11.9 Å². The summed E-state index contributed by atoms with van der Waals surface area (Å²) in [4.78, 5) is 36.7. The number of imide groups is 1. The zero-order chi connectivity index (χ0) is 21.7. The predicted molar refractivity (Wildman–Crippen MR) is 116 cm³/mol. The van der Waals surface area contributed by atoms with Crippen LogP contribution in [0, 0.1) is 5.92 Å². The molecule has 1 unspecified atom stereocenters. The molecule has 2 aliphatic rings. The molecule has 0 bridgehead atoms. The van der Waals surface area contributed by atoms with E-state index in [1.165, 1.54) is 4.90 Å². The fourth-order valence-electron chi connectivity index (χ4n) is 4.75. The topological polar surface area (TPSA) is 66.0 Å². The molecule has 1 spiro atoms. The van der Waals surface area contributed by atoms with E-state index in [1.807, 2.05) is 23.2 Å². The fourth-order valence-corrected chi connectivity index (χ4v) is 4.75. The number of nitrogens with zero attached hydrogens (tertiary/aromatic N) is 4. The fraction of sp³-hybridized carbons (Fsp3) is 0.696. The molecular weight excluding hydrogens is 380 g/mol. The monoisotopic (exact) mass is 416 g/mol. The minimum absolute atomic E-state index is 0.00150. The quantitative estimate of drug-likeness (QED) is 0.579. The zero-order valence-corrected chi connectivity index (χ0v) is 18.8. The Labute approximate surface area is 180 Å². The first-order valence-corrected chi connectivity index (χ1v) is 11.1. The summed E-state index contributed by atoms with van der Waals surface area (Å²) in [5.74, 6) is 0.317. The number of pyridine rings is 1. The number of methoxy groups -OCH3 is 1. The van der Waals surface area contributed by atoms with Crippen LogP contribution >= 0.6 is 0 Å². The molecule has 3 rings (SSSR count). The van der Waals surface area contributed by atoms with Crippen molar-refractivity contribution in [3.05, 3.63) is 30.1 Å². The van der Waals surface area contributed by atoms with Crippen molar-refractivity contribution in [3.63, 3.8) is 0 Å². The predicted octanol–water partition coefficient (Wildman–Crippen LogP) is 2.80. The standard InChI is InChI=1S/C23H36N4O3/c1-18(2)16-27-22(29)26(12-6-8-20-7-5-11-24-15-20)21(28)23(27)9-13-25(14-10-23)19(3)17-30-4/h5,7,11,15,18-19H,6,8-10,12-14,16-17H2,1-4H3.